The lowest BCUT2D eigenvalue weighted by Crippen LogP contribution is -2.37. The second-order valence-electron chi connectivity index (χ2n) is 5.49. The van der Waals surface area contributed by atoms with Crippen LogP contribution in [0.5, 0.6) is 0 Å². The minimum absolute atomic E-state index is 0.171. The lowest BCUT2D eigenvalue weighted by atomic mass is 10.1. The first-order chi connectivity index (χ1) is 10.2. The van der Waals surface area contributed by atoms with Crippen molar-refractivity contribution in [2.45, 2.75) is 26.1 Å². The first-order valence-corrected chi connectivity index (χ1v) is 6.92. The number of rotatable bonds is 4. The number of likely N-dealkylation sites (tertiary alicyclic amines) is 1. The average Bonchev–Trinajstić information content (AvgIpc) is 2.77. The zero-order chi connectivity index (χ0) is 16.3. The van der Waals surface area contributed by atoms with Gasteiger partial charge in [0.2, 0.25) is 11.8 Å². The zero-order valence-corrected chi connectivity index (χ0v) is 12.1. The molecule has 0 spiro atoms. The van der Waals surface area contributed by atoms with Gasteiger partial charge in [-0.1, -0.05) is 29.8 Å². The lowest BCUT2D eigenvalue weighted by Gasteiger charge is -2.18. The number of amides is 2. The quantitative estimate of drug-likeness (QED) is 0.924. The molecule has 2 amide bonds. The van der Waals surface area contributed by atoms with Crippen LogP contribution in [0.1, 0.15) is 17.5 Å². The normalized spacial score (nSPS) is 18.6. The first-order valence-electron chi connectivity index (χ1n) is 6.92. The summed E-state index contributed by atoms with van der Waals surface area (Å²) in [6.07, 6.45) is -4.61. The van der Waals surface area contributed by atoms with Gasteiger partial charge >= 0.3 is 6.18 Å². The molecule has 4 nitrogen and oxygen atoms in total. The summed E-state index contributed by atoms with van der Waals surface area (Å²) in [4.78, 5) is 24.2. The highest BCUT2D eigenvalue weighted by molar-refractivity contribution is 5.89. The van der Waals surface area contributed by atoms with Crippen molar-refractivity contribution in [1.82, 2.24) is 10.2 Å². The van der Waals surface area contributed by atoms with Crippen molar-refractivity contribution in [3.8, 4) is 0 Å². The highest BCUT2D eigenvalue weighted by Crippen LogP contribution is 2.24. The van der Waals surface area contributed by atoms with Crippen molar-refractivity contribution in [3.05, 3.63) is 35.4 Å². The van der Waals surface area contributed by atoms with Crippen molar-refractivity contribution in [1.29, 1.82) is 0 Å². The van der Waals surface area contributed by atoms with Crippen LogP contribution in [-0.4, -0.2) is 36.0 Å². The van der Waals surface area contributed by atoms with Crippen molar-refractivity contribution < 1.29 is 22.8 Å². The molecule has 1 aliphatic heterocycles. The van der Waals surface area contributed by atoms with Gasteiger partial charge in [0.15, 0.2) is 0 Å². The van der Waals surface area contributed by atoms with Gasteiger partial charge in [0.1, 0.15) is 6.54 Å². The molecule has 1 aliphatic rings. The van der Waals surface area contributed by atoms with Gasteiger partial charge in [-0.25, -0.2) is 0 Å². The maximum atomic E-state index is 12.3. The highest BCUT2D eigenvalue weighted by atomic mass is 19.4. The molecule has 0 aromatic heterocycles. The fourth-order valence-electron chi connectivity index (χ4n) is 2.36. The van der Waals surface area contributed by atoms with E-state index in [9.17, 15) is 22.8 Å². The van der Waals surface area contributed by atoms with Gasteiger partial charge in [0.25, 0.3) is 0 Å². The van der Waals surface area contributed by atoms with E-state index in [1.807, 2.05) is 31.2 Å². The molecule has 1 saturated heterocycles. The number of halogens is 3. The van der Waals surface area contributed by atoms with Crippen LogP contribution < -0.4 is 5.32 Å². The van der Waals surface area contributed by atoms with E-state index in [4.69, 9.17) is 0 Å². The molecule has 1 aromatic rings. The number of nitrogens with zero attached hydrogens (tertiary/aromatic N) is 1. The van der Waals surface area contributed by atoms with E-state index in [1.54, 1.807) is 0 Å². The molecule has 1 atom stereocenters. The van der Waals surface area contributed by atoms with Crippen molar-refractivity contribution >= 4 is 11.8 Å². The molecule has 1 aromatic carbocycles. The van der Waals surface area contributed by atoms with E-state index in [1.165, 1.54) is 0 Å². The maximum Gasteiger partial charge on any atom is 0.406 e. The SMILES string of the molecule is Cc1ccc(CNC(=O)C2CC(=O)N(CC(F)(F)F)C2)cc1. The number of nitrogens with one attached hydrogen (secondary N) is 1. The maximum absolute atomic E-state index is 12.3. The molecule has 1 fully saturated rings. The second-order valence-corrected chi connectivity index (χ2v) is 5.49. The van der Waals surface area contributed by atoms with Crippen molar-refractivity contribution in [2.24, 2.45) is 5.92 Å². The summed E-state index contributed by atoms with van der Waals surface area (Å²) in [5.74, 6) is -1.74. The van der Waals surface area contributed by atoms with E-state index in [0.29, 0.717) is 11.4 Å². The minimum Gasteiger partial charge on any atom is -0.352 e. The monoisotopic (exact) mass is 314 g/mol. The van der Waals surface area contributed by atoms with Gasteiger partial charge in [-0.15, -0.1) is 0 Å². The van der Waals surface area contributed by atoms with Crippen LogP contribution in [0.15, 0.2) is 24.3 Å². The van der Waals surface area contributed by atoms with Crippen LogP contribution in [0, 0.1) is 12.8 Å². The van der Waals surface area contributed by atoms with Gasteiger partial charge in [0, 0.05) is 19.5 Å². The molecule has 1 N–H and O–H groups in total. The van der Waals surface area contributed by atoms with Crippen LogP contribution in [0.25, 0.3) is 0 Å². The predicted octanol–water partition coefficient (Wildman–Crippen LogP) is 2.02. The number of aryl methyl sites for hydroxylation is 1. The van der Waals surface area contributed by atoms with Crippen LogP contribution >= 0.6 is 0 Å². The summed E-state index contributed by atoms with van der Waals surface area (Å²) < 4.78 is 36.9. The highest BCUT2D eigenvalue weighted by Gasteiger charge is 2.40. The first kappa shape index (κ1) is 16.3. The molecular formula is C15H17F3N2O2. The second kappa shape index (κ2) is 6.37. The Kier molecular flexibility index (Phi) is 4.73. The Hall–Kier alpha value is -2.05. The Balaban J connectivity index is 1.86. The van der Waals surface area contributed by atoms with Gasteiger partial charge < -0.3 is 10.2 Å². The van der Waals surface area contributed by atoms with Crippen LogP contribution in [0.3, 0.4) is 0 Å². The summed E-state index contributed by atoms with van der Waals surface area (Å²) in [7, 11) is 0. The molecule has 1 heterocycles. The minimum atomic E-state index is -4.44. The molecule has 0 aliphatic carbocycles. The summed E-state index contributed by atoms with van der Waals surface area (Å²) in [6, 6.07) is 7.55. The fraction of sp³-hybridized carbons (Fsp3) is 0.467. The third-order valence-corrected chi connectivity index (χ3v) is 3.54. The summed E-state index contributed by atoms with van der Waals surface area (Å²) in [5.41, 5.74) is 2.00. The standard InChI is InChI=1S/C15H17F3N2O2/c1-10-2-4-11(5-3-10)7-19-14(22)12-6-13(21)20(8-12)9-15(16,17)18/h2-5,12H,6-9H2,1H3,(H,19,22). The Morgan fingerprint density at radius 3 is 2.55 bits per heavy atom. The zero-order valence-electron chi connectivity index (χ0n) is 12.1. The number of hydrogen-bond donors (Lipinski definition) is 1. The molecule has 2 rings (SSSR count). The predicted molar refractivity (Wildman–Crippen MR) is 73.8 cm³/mol. The number of benzene rings is 1. The molecule has 0 bridgehead atoms. The van der Waals surface area contributed by atoms with Crippen molar-refractivity contribution in [3.63, 3.8) is 0 Å². The summed E-state index contributed by atoms with van der Waals surface area (Å²) in [6.45, 7) is 0.760. The number of carbonyl (C=O) groups excluding carboxylic acids is 2. The number of hydrogen-bond acceptors (Lipinski definition) is 2. The smallest absolute Gasteiger partial charge is 0.352 e. The average molecular weight is 314 g/mol. The van der Waals surface area contributed by atoms with Gasteiger partial charge in [-0.3, -0.25) is 9.59 Å². The Bertz CT molecular complexity index is 555. The molecule has 0 radical (unpaired) electrons. The summed E-state index contributed by atoms with van der Waals surface area (Å²) in [5, 5.41) is 2.67. The van der Waals surface area contributed by atoms with E-state index >= 15 is 0 Å². The Morgan fingerprint density at radius 1 is 1.32 bits per heavy atom. The third-order valence-electron chi connectivity index (χ3n) is 3.54. The van der Waals surface area contributed by atoms with E-state index in [-0.39, 0.29) is 13.0 Å². The van der Waals surface area contributed by atoms with E-state index < -0.39 is 30.5 Å². The largest absolute Gasteiger partial charge is 0.406 e. The molecule has 120 valence electrons. The van der Waals surface area contributed by atoms with Crippen molar-refractivity contribution in [2.75, 3.05) is 13.1 Å². The molecule has 1 unspecified atom stereocenters. The third kappa shape index (κ3) is 4.47. The topological polar surface area (TPSA) is 49.4 Å². The fourth-order valence-corrected chi connectivity index (χ4v) is 2.36. The molecule has 22 heavy (non-hydrogen) atoms. The molecular weight excluding hydrogens is 297 g/mol. The Labute approximate surface area is 126 Å². The van der Waals surface area contributed by atoms with Gasteiger partial charge in [-0.05, 0) is 12.5 Å². The molecule has 7 heteroatoms. The number of alkyl halides is 3. The summed E-state index contributed by atoms with van der Waals surface area (Å²) >= 11 is 0. The number of carbonyl (C=O) groups is 2. The van der Waals surface area contributed by atoms with E-state index in [0.717, 1.165) is 11.1 Å². The van der Waals surface area contributed by atoms with Crippen LogP contribution in [0.2, 0.25) is 0 Å². The van der Waals surface area contributed by atoms with Gasteiger partial charge in [-0.2, -0.15) is 13.2 Å². The van der Waals surface area contributed by atoms with Gasteiger partial charge in [0.05, 0.1) is 5.92 Å². The molecule has 0 saturated carbocycles. The van der Waals surface area contributed by atoms with Crippen LogP contribution in [-0.2, 0) is 16.1 Å². The Morgan fingerprint density at radius 2 is 1.95 bits per heavy atom. The van der Waals surface area contributed by atoms with Crippen LogP contribution in [0.4, 0.5) is 13.2 Å². The lowest BCUT2D eigenvalue weighted by molar-refractivity contribution is -0.157. The van der Waals surface area contributed by atoms with E-state index in [2.05, 4.69) is 5.32 Å².